The lowest BCUT2D eigenvalue weighted by atomic mass is 10.1. The van der Waals surface area contributed by atoms with E-state index in [1.54, 1.807) is 12.1 Å². The summed E-state index contributed by atoms with van der Waals surface area (Å²) in [5, 5.41) is 11.7. The van der Waals surface area contributed by atoms with Crippen molar-refractivity contribution in [1.82, 2.24) is 14.4 Å². The van der Waals surface area contributed by atoms with E-state index in [0.29, 0.717) is 35.4 Å². The lowest BCUT2D eigenvalue weighted by Gasteiger charge is -2.04. The molecule has 0 saturated heterocycles. The van der Waals surface area contributed by atoms with E-state index in [1.807, 2.05) is 47.9 Å². The third kappa shape index (κ3) is 5.05. The number of nitrogens with zero attached hydrogens (tertiary/aromatic N) is 2. The first-order valence-electron chi connectivity index (χ1n) is 9.37. The normalized spacial score (nSPS) is 13.4. The number of pyridine rings is 1. The second-order valence-corrected chi connectivity index (χ2v) is 7.29. The first-order valence-corrected chi connectivity index (χ1v) is 10.4. The molecule has 2 aromatic heterocycles. The molecule has 1 aliphatic rings. The van der Waals surface area contributed by atoms with Crippen LogP contribution in [0.5, 0.6) is 0 Å². The molecule has 0 aromatic carbocycles. The fraction of sp³-hybridized carbons (Fsp3) is 0.227. The molecule has 2 N–H and O–H groups in total. The summed E-state index contributed by atoms with van der Waals surface area (Å²) in [4.78, 5) is 25.0. The number of carbonyl (C=O) groups is 2. The van der Waals surface area contributed by atoms with Gasteiger partial charge in [-0.3, -0.25) is 14.3 Å². The number of rotatable bonds is 8. The minimum Gasteiger partial charge on any atom is -0.339 e. The molecule has 6 nitrogen and oxygen atoms in total. The molecular weight excluding hydrogens is 384 g/mol. The van der Waals surface area contributed by atoms with Crippen molar-refractivity contribution >= 4 is 29.2 Å². The summed E-state index contributed by atoms with van der Waals surface area (Å²) in [5.41, 5.74) is 3.70. The van der Waals surface area contributed by atoms with Crippen LogP contribution in [0, 0.1) is 11.3 Å². The third-order valence-electron chi connectivity index (χ3n) is 4.47. The lowest BCUT2D eigenvalue weighted by molar-refractivity contribution is -0.116. The fourth-order valence-electron chi connectivity index (χ4n) is 3.09. The molecule has 0 radical (unpaired) electrons. The molecule has 0 bridgehead atoms. The van der Waals surface area contributed by atoms with Crippen molar-refractivity contribution in [1.29, 1.82) is 5.26 Å². The zero-order valence-electron chi connectivity index (χ0n) is 16.1. The van der Waals surface area contributed by atoms with Gasteiger partial charge in [-0.15, -0.1) is 0 Å². The van der Waals surface area contributed by atoms with Crippen molar-refractivity contribution in [2.75, 3.05) is 12.4 Å². The highest BCUT2D eigenvalue weighted by Crippen LogP contribution is 2.22. The summed E-state index contributed by atoms with van der Waals surface area (Å²) in [6.45, 7) is 2.74. The Morgan fingerprint density at radius 2 is 2.14 bits per heavy atom. The number of amides is 1. The molecule has 2 aromatic rings. The van der Waals surface area contributed by atoms with E-state index >= 15 is 0 Å². The Morgan fingerprint density at radius 3 is 2.93 bits per heavy atom. The van der Waals surface area contributed by atoms with Crippen LogP contribution in [0.1, 0.15) is 29.4 Å². The number of carbonyl (C=O) groups excluding carboxylic acids is 2. The van der Waals surface area contributed by atoms with Crippen LogP contribution in [-0.4, -0.2) is 28.5 Å². The minimum atomic E-state index is -0.616. The number of hydrogen-bond donors (Lipinski definition) is 2. The number of Topliss-reactive ketones (excluding diaryl/α,β-unsaturated/α-hetero) is 1. The summed E-state index contributed by atoms with van der Waals surface area (Å²) in [5.74, 6) is -0.839. The van der Waals surface area contributed by atoms with Crippen molar-refractivity contribution in [2.24, 2.45) is 0 Å². The molecule has 2 heterocycles. The number of allylic oxidation sites excluding steroid dienone is 6. The molecule has 148 valence electrons. The van der Waals surface area contributed by atoms with Gasteiger partial charge in [-0.05, 0) is 36.3 Å². The first-order chi connectivity index (χ1) is 14.1. The average Bonchev–Trinajstić information content (AvgIpc) is 2.94. The fourth-order valence-corrected chi connectivity index (χ4v) is 3.60. The van der Waals surface area contributed by atoms with Crippen LogP contribution in [0.4, 0.5) is 0 Å². The number of nitriles is 1. The monoisotopic (exact) mass is 406 g/mol. The summed E-state index contributed by atoms with van der Waals surface area (Å²) in [6.07, 6.45) is 10.8. The van der Waals surface area contributed by atoms with Crippen LogP contribution in [0.15, 0.2) is 65.9 Å². The summed E-state index contributed by atoms with van der Waals surface area (Å²) < 4.78 is 4.96. The number of ketones is 1. The van der Waals surface area contributed by atoms with Crippen LogP contribution < -0.4 is 10.0 Å². The topological polar surface area (TPSA) is 86.4 Å². The largest absolute Gasteiger partial charge is 0.339 e. The van der Waals surface area contributed by atoms with Gasteiger partial charge in [-0.1, -0.05) is 43.2 Å². The van der Waals surface area contributed by atoms with Gasteiger partial charge in [0.1, 0.15) is 0 Å². The van der Waals surface area contributed by atoms with Crippen molar-refractivity contribution < 1.29 is 9.59 Å². The molecule has 1 aliphatic carbocycles. The molecule has 0 fully saturated rings. The van der Waals surface area contributed by atoms with E-state index in [9.17, 15) is 9.59 Å². The van der Waals surface area contributed by atoms with Crippen LogP contribution in [0.25, 0.3) is 5.52 Å². The molecule has 0 unspecified atom stereocenters. The van der Waals surface area contributed by atoms with Crippen LogP contribution in [0.2, 0.25) is 0 Å². The van der Waals surface area contributed by atoms with Gasteiger partial charge in [0.2, 0.25) is 0 Å². The Kier molecular flexibility index (Phi) is 7.06. The predicted molar refractivity (Wildman–Crippen MR) is 115 cm³/mol. The highest BCUT2D eigenvalue weighted by Gasteiger charge is 2.21. The predicted octanol–water partition coefficient (Wildman–Crippen LogP) is 3.33. The second-order valence-electron chi connectivity index (χ2n) is 6.42. The van der Waals surface area contributed by atoms with Gasteiger partial charge < -0.3 is 9.72 Å². The van der Waals surface area contributed by atoms with Crippen molar-refractivity contribution in [3.8, 4) is 6.07 Å². The zero-order chi connectivity index (χ0) is 20.6. The maximum absolute atomic E-state index is 12.7. The third-order valence-corrected chi connectivity index (χ3v) is 5.25. The Bertz CT molecular complexity index is 1060. The number of fused-ring (bicyclic) bond motifs is 1. The Hall–Kier alpha value is -3.08. The number of hydrogen-bond acceptors (Lipinski definition) is 5. The maximum Gasteiger partial charge on any atom is 0.293 e. The molecule has 0 atom stereocenters. The molecule has 0 saturated carbocycles. The lowest BCUT2D eigenvalue weighted by Crippen LogP contribution is -2.31. The van der Waals surface area contributed by atoms with E-state index in [0.717, 1.165) is 17.8 Å². The zero-order valence-corrected chi connectivity index (χ0v) is 17.0. The van der Waals surface area contributed by atoms with E-state index < -0.39 is 11.7 Å². The highest BCUT2D eigenvalue weighted by atomic mass is 32.2. The van der Waals surface area contributed by atoms with Crippen LogP contribution >= 0.6 is 11.9 Å². The number of aromatic nitrogens is 1. The van der Waals surface area contributed by atoms with Crippen molar-refractivity contribution in [2.45, 2.75) is 19.8 Å². The summed E-state index contributed by atoms with van der Waals surface area (Å²) in [6, 6.07) is 9.52. The van der Waals surface area contributed by atoms with Crippen molar-refractivity contribution in [3.05, 3.63) is 77.2 Å². The van der Waals surface area contributed by atoms with Gasteiger partial charge in [0.25, 0.3) is 11.7 Å². The van der Waals surface area contributed by atoms with Gasteiger partial charge in [0, 0.05) is 30.4 Å². The first kappa shape index (κ1) is 20.6. The van der Waals surface area contributed by atoms with Crippen LogP contribution in [-0.2, 0) is 11.2 Å². The van der Waals surface area contributed by atoms with Gasteiger partial charge in [0.05, 0.1) is 23.0 Å². The van der Waals surface area contributed by atoms with E-state index in [1.165, 1.54) is 11.9 Å². The Labute approximate surface area is 174 Å². The smallest absolute Gasteiger partial charge is 0.293 e. The molecule has 7 heteroatoms. The van der Waals surface area contributed by atoms with Crippen LogP contribution in [0.3, 0.4) is 0 Å². The summed E-state index contributed by atoms with van der Waals surface area (Å²) >= 11 is 1.35. The van der Waals surface area contributed by atoms with Gasteiger partial charge in [0.15, 0.2) is 0 Å². The quantitative estimate of drug-likeness (QED) is 0.231. The maximum atomic E-state index is 12.7. The van der Waals surface area contributed by atoms with Crippen molar-refractivity contribution in [3.63, 3.8) is 0 Å². The van der Waals surface area contributed by atoms with E-state index in [-0.39, 0.29) is 0 Å². The van der Waals surface area contributed by atoms with E-state index in [4.69, 9.17) is 5.26 Å². The minimum absolute atomic E-state index is 0.322. The number of nitrogens with one attached hydrogen (secondary N) is 2. The molecule has 29 heavy (non-hydrogen) atoms. The summed E-state index contributed by atoms with van der Waals surface area (Å²) in [7, 11) is 0. The van der Waals surface area contributed by atoms with Gasteiger partial charge in [-0.25, -0.2) is 0 Å². The molecular formula is C22H22N4O2S. The second kappa shape index (κ2) is 9.92. The molecule has 0 spiro atoms. The van der Waals surface area contributed by atoms with E-state index in [2.05, 4.69) is 22.2 Å². The molecule has 1 amide bonds. The standard InChI is InChI=1S/C22H22N4O2S/c1-2-25-29-15-24-22(28)21(27)19-13-18(26-11-4-3-8-20(19)26)12-16-6-5-7-17(14-23)10-9-16/h3-4,6-11,13,25H,2,5,12,15H2,1H3,(H,24,28). The SMILES string of the molecule is CCNSCNC(=O)C(=O)c1cc(CC2=CCC=C(C#N)C=C2)n2ccccc12. The molecule has 0 aliphatic heterocycles. The molecule has 3 rings (SSSR count). The van der Waals surface area contributed by atoms with Gasteiger partial charge >= 0.3 is 0 Å². The Balaban J connectivity index is 1.82. The Morgan fingerprint density at radius 1 is 1.28 bits per heavy atom. The van der Waals surface area contributed by atoms with Gasteiger partial charge in [-0.2, -0.15) is 5.26 Å². The average molecular weight is 407 g/mol. The highest BCUT2D eigenvalue weighted by molar-refractivity contribution is 7.97.